The zero-order valence-corrected chi connectivity index (χ0v) is 20.6. The number of rotatable bonds is 10. The van der Waals surface area contributed by atoms with Crippen LogP contribution in [0.15, 0.2) is 42.6 Å². The molecule has 0 saturated heterocycles. The van der Waals surface area contributed by atoms with E-state index >= 15 is 0 Å². The molecule has 5 rings (SSSR count). The average Bonchev–Trinajstić information content (AvgIpc) is 3.61. The zero-order chi connectivity index (χ0) is 24.4. The summed E-state index contributed by atoms with van der Waals surface area (Å²) in [7, 11) is 4.78. The van der Waals surface area contributed by atoms with Crippen LogP contribution in [0.25, 0.3) is 16.8 Å². The van der Waals surface area contributed by atoms with Gasteiger partial charge in [0.2, 0.25) is 17.6 Å². The molecule has 0 atom stereocenters. The van der Waals surface area contributed by atoms with Gasteiger partial charge < -0.3 is 24.8 Å². The Kier molecular flexibility index (Phi) is 6.50. The highest BCUT2D eigenvalue weighted by Crippen LogP contribution is 2.38. The van der Waals surface area contributed by atoms with Crippen molar-refractivity contribution in [2.75, 3.05) is 38.5 Å². The first kappa shape index (κ1) is 23.0. The number of benzene rings is 2. The van der Waals surface area contributed by atoms with Gasteiger partial charge in [0.25, 0.3) is 0 Å². The smallest absolute Gasteiger partial charge is 0.229 e. The lowest BCUT2D eigenvalue weighted by Crippen LogP contribution is -2.13. The molecule has 1 aliphatic rings. The lowest BCUT2D eigenvalue weighted by atomic mass is 10.1. The van der Waals surface area contributed by atoms with Crippen LogP contribution < -0.4 is 24.8 Å². The number of aromatic nitrogens is 4. The summed E-state index contributed by atoms with van der Waals surface area (Å²) < 4.78 is 18.1. The molecule has 0 spiro atoms. The summed E-state index contributed by atoms with van der Waals surface area (Å²) in [6, 6.07) is 11.5. The minimum Gasteiger partial charge on any atom is -0.493 e. The van der Waals surface area contributed by atoms with Crippen molar-refractivity contribution in [2.24, 2.45) is 5.92 Å². The maximum Gasteiger partial charge on any atom is 0.229 e. The van der Waals surface area contributed by atoms with Crippen molar-refractivity contribution >= 4 is 29.1 Å². The maximum atomic E-state index is 6.24. The maximum absolute atomic E-state index is 6.24. The predicted molar refractivity (Wildman–Crippen MR) is 136 cm³/mol. The Morgan fingerprint density at radius 1 is 1.00 bits per heavy atom. The molecule has 1 fully saturated rings. The highest BCUT2D eigenvalue weighted by atomic mass is 35.5. The normalized spacial score (nSPS) is 13.0. The number of hydrogen-bond acceptors (Lipinski definition) is 8. The monoisotopic (exact) mass is 494 g/mol. The quantitative estimate of drug-likeness (QED) is 0.321. The van der Waals surface area contributed by atoms with E-state index in [0.717, 1.165) is 23.2 Å². The van der Waals surface area contributed by atoms with Gasteiger partial charge in [-0.25, -0.2) is 0 Å². The number of nitrogens with one attached hydrogen (secondary N) is 2. The van der Waals surface area contributed by atoms with Gasteiger partial charge >= 0.3 is 0 Å². The third-order valence-electron chi connectivity index (χ3n) is 5.92. The van der Waals surface area contributed by atoms with Gasteiger partial charge in [-0.05, 0) is 54.2 Å². The SMILES string of the molecule is COc1cc(CNc2nc(NCC3CC3)nc3c(-c4cccc(Cl)c4)cnn23)cc(OC)c1OC. The first-order valence-corrected chi connectivity index (χ1v) is 11.8. The number of methoxy groups -OCH3 is 3. The van der Waals surface area contributed by atoms with Gasteiger partial charge in [0.15, 0.2) is 17.1 Å². The molecule has 2 heterocycles. The minimum absolute atomic E-state index is 0.456. The molecule has 4 aromatic rings. The van der Waals surface area contributed by atoms with Gasteiger partial charge in [-0.2, -0.15) is 19.6 Å². The minimum atomic E-state index is 0.456. The number of hydrogen-bond donors (Lipinski definition) is 2. The summed E-state index contributed by atoms with van der Waals surface area (Å²) in [6.45, 7) is 1.31. The summed E-state index contributed by atoms with van der Waals surface area (Å²) in [5.74, 6) is 3.53. The Labute approximate surface area is 208 Å². The Morgan fingerprint density at radius 3 is 2.43 bits per heavy atom. The molecule has 35 heavy (non-hydrogen) atoms. The Morgan fingerprint density at radius 2 is 1.77 bits per heavy atom. The highest BCUT2D eigenvalue weighted by molar-refractivity contribution is 6.30. The van der Waals surface area contributed by atoms with Crippen molar-refractivity contribution in [3.63, 3.8) is 0 Å². The molecule has 0 unspecified atom stereocenters. The van der Waals surface area contributed by atoms with Crippen LogP contribution >= 0.6 is 11.6 Å². The second-order valence-electron chi connectivity index (χ2n) is 8.39. The molecule has 2 aromatic carbocycles. The van der Waals surface area contributed by atoms with Crippen LogP contribution in [0.3, 0.4) is 0 Å². The fourth-order valence-electron chi connectivity index (χ4n) is 3.91. The van der Waals surface area contributed by atoms with E-state index in [-0.39, 0.29) is 0 Å². The van der Waals surface area contributed by atoms with Gasteiger partial charge in [0.05, 0.1) is 27.5 Å². The molecule has 1 aliphatic carbocycles. The van der Waals surface area contributed by atoms with Crippen molar-refractivity contribution < 1.29 is 14.2 Å². The van der Waals surface area contributed by atoms with Crippen LogP contribution in [0, 0.1) is 5.92 Å². The highest BCUT2D eigenvalue weighted by Gasteiger charge is 2.22. The standard InChI is InChI=1S/C25H27ClN6O3/c1-33-20-9-16(10-21(34-2)22(20)35-3)13-28-25-31-24(27-12-15-7-8-15)30-23-19(14-29-32(23)25)17-5-4-6-18(26)11-17/h4-6,9-11,14-15H,7-8,12-13H2,1-3H3,(H2,27,28,30,31). The third-order valence-corrected chi connectivity index (χ3v) is 6.16. The van der Waals surface area contributed by atoms with Gasteiger partial charge in [-0.1, -0.05) is 23.7 Å². The van der Waals surface area contributed by atoms with E-state index in [1.807, 2.05) is 36.4 Å². The third kappa shape index (κ3) is 4.90. The van der Waals surface area contributed by atoms with E-state index in [1.165, 1.54) is 12.8 Å². The first-order valence-electron chi connectivity index (χ1n) is 11.4. The Balaban J connectivity index is 1.50. The van der Waals surface area contributed by atoms with Crippen LogP contribution in [-0.2, 0) is 6.54 Å². The molecule has 9 nitrogen and oxygen atoms in total. The molecule has 0 radical (unpaired) electrons. The molecule has 0 aliphatic heterocycles. The molecule has 1 saturated carbocycles. The van der Waals surface area contributed by atoms with Crippen molar-refractivity contribution in [1.29, 1.82) is 0 Å². The number of ether oxygens (including phenoxy) is 3. The molecule has 0 bridgehead atoms. The topological polar surface area (TPSA) is 94.8 Å². The number of fused-ring (bicyclic) bond motifs is 1. The Bertz CT molecular complexity index is 1330. The zero-order valence-electron chi connectivity index (χ0n) is 19.8. The van der Waals surface area contributed by atoms with Crippen LogP contribution in [0.1, 0.15) is 18.4 Å². The summed E-state index contributed by atoms with van der Waals surface area (Å²) in [6.07, 6.45) is 4.26. The number of nitrogens with zero attached hydrogens (tertiary/aromatic N) is 4. The molecular formula is C25H27ClN6O3. The second-order valence-corrected chi connectivity index (χ2v) is 8.82. The van der Waals surface area contributed by atoms with Gasteiger partial charge in [-0.15, -0.1) is 0 Å². The molecule has 182 valence electrons. The largest absolute Gasteiger partial charge is 0.493 e. The van der Waals surface area contributed by atoms with Gasteiger partial charge in [0.1, 0.15) is 0 Å². The van der Waals surface area contributed by atoms with Crippen LogP contribution in [0.4, 0.5) is 11.9 Å². The summed E-state index contributed by atoms with van der Waals surface area (Å²) >= 11 is 6.24. The van der Waals surface area contributed by atoms with Crippen LogP contribution in [0.2, 0.25) is 5.02 Å². The van der Waals surface area contributed by atoms with E-state index in [9.17, 15) is 0 Å². The van der Waals surface area contributed by atoms with Crippen molar-refractivity contribution in [3.05, 3.63) is 53.2 Å². The van der Waals surface area contributed by atoms with Crippen molar-refractivity contribution in [2.45, 2.75) is 19.4 Å². The van der Waals surface area contributed by atoms with Crippen LogP contribution in [-0.4, -0.2) is 47.5 Å². The van der Waals surface area contributed by atoms with Crippen molar-refractivity contribution in [3.8, 4) is 28.4 Å². The van der Waals surface area contributed by atoms with E-state index in [4.69, 9.17) is 35.8 Å². The summed E-state index contributed by atoms with van der Waals surface area (Å²) in [5, 5.41) is 12.0. The number of anilines is 2. The second kappa shape index (κ2) is 9.87. The summed E-state index contributed by atoms with van der Waals surface area (Å²) in [4.78, 5) is 9.49. The van der Waals surface area contributed by atoms with Gasteiger partial charge in [0, 0.05) is 23.7 Å². The number of halogens is 1. The van der Waals surface area contributed by atoms with E-state index < -0.39 is 0 Å². The van der Waals surface area contributed by atoms with E-state index in [2.05, 4.69) is 15.7 Å². The Hall–Kier alpha value is -3.72. The lowest BCUT2D eigenvalue weighted by molar-refractivity contribution is 0.324. The van der Waals surface area contributed by atoms with E-state index in [1.54, 1.807) is 32.0 Å². The van der Waals surface area contributed by atoms with Gasteiger partial charge in [-0.3, -0.25) is 0 Å². The molecule has 2 aromatic heterocycles. The molecule has 0 amide bonds. The van der Waals surface area contributed by atoms with Crippen molar-refractivity contribution in [1.82, 2.24) is 19.6 Å². The van der Waals surface area contributed by atoms with Crippen LogP contribution in [0.5, 0.6) is 17.2 Å². The molecular weight excluding hydrogens is 468 g/mol. The average molecular weight is 495 g/mol. The first-order chi connectivity index (χ1) is 17.1. The predicted octanol–water partition coefficient (Wildman–Crippen LogP) is 4.90. The fourth-order valence-corrected chi connectivity index (χ4v) is 4.10. The molecule has 2 N–H and O–H groups in total. The lowest BCUT2D eigenvalue weighted by Gasteiger charge is -2.15. The van der Waals surface area contributed by atoms with E-state index in [0.29, 0.717) is 52.3 Å². The summed E-state index contributed by atoms with van der Waals surface area (Å²) in [5.41, 5.74) is 3.43. The molecule has 10 heteroatoms. The fraction of sp³-hybridized carbons (Fsp3) is 0.320.